The third-order valence-electron chi connectivity index (χ3n) is 3.76. The summed E-state index contributed by atoms with van der Waals surface area (Å²) in [6.45, 7) is 2.78. The minimum Gasteiger partial charge on any atom is -0.396 e. The van der Waals surface area contributed by atoms with Crippen LogP contribution in [0.15, 0.2) is 30.3 Å². The maximum atomic E-state index is 12.2. The molecule has 0 saturated heterocycles. The largest absolute Gasteiger partial charge is 0.396 e. The van der Waals surface area contributed by atoms with Crippen LogP contribution >= 0.6 is 11.6 Å². The van der Waals surface area contributed by atoms with Gasteiger partial charge < -0.3 is 10.4 Å². The molecule has 1 atom stereocenters. The van der Waals surface area contributed by atoms with E-state index < -0.39 is 0 Å². The summed E-state index contributed by atoms with van der Waals surface area (Å²) < 4.78 is 0. The first kappa shape index (κ1) is 17.5. The first-order valence-corrected chi connectivity index (χ1v) is 8.22. The van der Waals surface area contributed by atoms with Gasteiger partial charge in [-0.25, -0.2) is 0 Å². The van der Waals surface area contributed by atoms with E-state index in [-0.39, 0.29) is 12.5 Å². The van der Waals surface area contributed by atoms with E-state index >= 15 is 0 Å². The number of halogens is 1. The van der Waals surface area contributed by atoms with Gasteiger partial charge in [-0.3, -0.25) is 9.89 Å². The Morgan fingerprint density at radius 1 is 1.39 bits per heavy atom. The molecular formula is C17H22ClN3O2. The molecule has 1 aromatic carbocycles. The molecule has 2 rings (SSSR count). The van der Waals surface area contributed by atoms with Crippen molar-refractivity contribution in [2.45, 2.75) is 26.2 Å². The zero-order valence-electron chi connectivity index (χ0n) is 13.2. The van der Waals surface area contributed by atoms with Gasteiger partial charge in [-0.1, -0.05) is 43.1 Å². The number of rotatable bonds is 8. The number of benzene rings is 1. The van der Waals surface area contributed by atoms with E-state index in [0.717, 1.165) is 18.4 Å². The van der Waals surface area contributed by atoms with Crippen molar-refractivity contribution in [1.82, 2.24) is 15.5 Å². The van der Waals surface area contributed by atoms with Crippen LogP contribution in [0.5, 0.6) is 0 Å². The van der Waals surface area contributed by atoms with Gasteiger partial charge in [0, 0.05) is 18.7 Å². The number of carbonyl (C=O) groups is 1. The Morgan fingerprint density at radius 2 is 2.17 bits per heavy atom. The first-order chi connectivity index (χ1) is 11.2. The Bertz CT molecular complexity index is 636. The molecule has 0 radical (unpaired) electrons. The van der Waals surface area contributed by atoms with Gasteiger partial charge in [0.2, 0.25) is 0 Å². The minimum absolute atomic E-state index is 0.140. The van der Waals surface area contributed by atoms with E-state index in [9.17, 15) is 4.79 Å². The van der Waals surface area contributed by atoms with Gasteiger partial charge in [0.1, 0.15) is 5.69 Å². The molecule has 1 aromatic heterocycles. The maximum absolute atomic E-state index is 12.2. The standard InChI is InChI=1S/C17H22ClN3O2/c1-2-5-12(8-9-22)11-19-17(23)16-10-15(20-21-16)13-6-3-4-7-14(13)18/h3-4,6-7,10,12,22H,2,5,8-9,11H2,1H3,(H,19,23)(H,20,21). The quantitative estimate of drug-likeness (QED) is 0.693. The Hall–Kier alpha value is -1.85. The molecule has 23 heavy (non-hydrogen) atoms. The molecular weight excluding hydrogens is 314 g/mol. The number of H-pyrrole nitrogens is 1. The van der Waals surface area contributed by atoms with E-state index in [1.165, 1.54) is 0 Å². The summed E-state index contributed by atoms with van der Waals surface area (Å²) in [7, 11) is 0. The molecule has 0 aliphatic rings. The Kier molecular flexibility index (Phi) is 6.62. The van der Waals surface area contributed by atoms with Gasteiger partial charge in [-0.05, 0) is 30.9 Å². The lowest BCUT2D eigenvalue weighted by molar-refractivity contribution is 0.0938. The molecule has 0 spiro atoms. The fourth-order valence-electron chi connectivity index (χ4n) is 2.52. The van der Waals surface area contributed by atoms with Gasteiger partial charge in [0.25, 0.3) is 5.91 Å². The third-order valence-corrected chi connectivity index (χ3v) is 4.09. The number of amides is 1. The summed E-state index contributed by atoms with van der Waals surface area (Å²) in [6.07, 6.45) is 2.71. The van der Waals surface area contributed by atoms with Gasteiger partial charge in [0.05, 0.1) is 10.7 Å². The molecule has 2 aromatic rings. The molecule has 3 N–H and O–H groups in total. The van der Waals surface area contributed by atoms with Crippen molar-refractivity contribution in [2.24, 2.45) is 5.92 Å². The Labute approximate surface area is 141 Å². The van der Waals surface area contributed by atoms with Gasteiger partial charge in [-0.2, -0.15) is 5.10 Å². The van der Waals surface area contributed by atoms with Crippen LogP contribution in [-0.2, 0) is 0 Å². The second kappa shape index (κ2) is 8.70. The molecule has 0 saturated carbocycles. The van der Waals surface area contributed by atoms with Crippen LogP contribution < -0.4 is 5.32 Å². The van der Waals surface area contributed by atoms with E-state index in [0.29, 0.717) is 35.3 Å². The van der Waals surface area contributed by atoms with Gasteiger partial charge in [0.15, 0.2) is 0 Å². The van der Waals surface area contributed by atoms with Crippen molar-refractivity contribution >= 4 is 17.5 Å². The van der Waals surface area contributed by atoms with Crippen molar-refractivity contribution in [3.8, 4) is 11.3 Å². The van der Waals surface area contributed by atoms with Crippen molar-refractivity contribution in [1.29, 1.82) is 0 Å². The molecule has 1 heterocycles. The van der Waals surface area contributed by atoms with Crippen LogP contribution in [0.4, 0.5) is 0 Å². The molecule has 6 heteroatoms. The average Bonchev–Trinajstić information content (AvgIpc) is 3.03. The van der Waals surface area contributed by atoms with Gasteiger partial charge in [-0.15, -0.1) is 0 Å². The van der Waals surface area contributed by atoms with Crippen LogP contribution in [-0.4, -0.2) is 34.4 Å². The lowest BCUT2D eigenvalue weighted by atomic mass is 10.0. The second-order valence-electron chi connectivity index (χ2n) is 5.52. The van der Waals surface area contributed by atoms with E-state index in [2.05, 4.69) is 22.4 Å². The summed E-state index contributed by atoms with van der Waals surface area (Å²) in [6, 6.07) is 9.06. The first-order valence-electron chi connectivity index (χ1n) is 7.85. The lowest BCUT2D eigenvalue weighted by Crippen LogP contribution is -2.30. The molecule has 124 valence electrons. The van der Waals surface area contributed by atoms with Crippen LogP contribution in [0.3, 0.4) is 0 Å². The molecule has 0 fully saturated rings. The number of carbonyl (C=O) groups excluding carboxylic acids is 1. The predicted molar refractivity (Wildman–Crippen MR) is 91.5 cm³/mol. The van der Waals surface area contributed by atoms with E-state index in [1.807, 2.05) is 18.2 Å². The number of hydrogen-bond donors (Lipinski definition) is 3. The topological polar surface area (TPSA) is 78.0 Å². The summed E-state index contributed by atoms with van der Waals surface area (Å²) >= 11 is 6.14. The average molecular weight is 336 g/mol. The number of aliphatic hydroxyl groups is 1. The van der Waals surface area contributed by atoms with E-state index in [4.69, 9.17) is 16.7 Å². The Balaban J connectivity index is 2.00. The van der Waals surface area contributed by atoms with Gasteiger partial charge >= 0.3 is 0 Å². The Morgan fingerprint density at radius 3 is 2.87 bits per heavy atom. The number of aliphatic hydroxyl groups excluding tert-OH is 1. The monoisotopic (exact) mass is 335 g/mol. The highest BCUT2D eigenvalue weighted by atomic mass is 35.5. The zero-order valence-corrected chi connectivity index (χ0v) is 13.9. The highest BCUT2D eigenvalue weighted by Crippen LogP contribution is 2.26. The number of nitrogens with zero attached hydrogens (tertiary/aromatic N) is 1. The fourth-order valence-corrected chi connectivity index (χ4v) is 2.75. The third kappa shape index (κ3) is 4.81. The predicted octanol–water partition coefficient (Wildman–Crippen LogP) is 3.26. The maximum Gasteiger partial charge on any atom is 0.269 e. The molecule has 1 amide bonds. The SMILES string of the molecule is CCCC(CCO)CNC(=O)c1cc(-c2ccccc2Cl)n[nH]1. The smallest absolute Gasteiger partial charge is 0.269 e. The normalized spacial score (nSPS) is 12.1. The number of nitrogens with one attached hydrogen (secondary N) is 2. The summed E-state index contributed by atoms with van der Waals surface area (Å²) in [5.74, 6) is 0.0924. The van der Waals surface area contributed by atoms with Crippen molar-refractivity contribution in [3.05, 3.63) is 41.0 Å². The molecule has 1 unspecified atom stereocenters. The molecule has 0 bridgehead atoms. The van der Waals surface area contributed by atoms with Crippen molar-refractivity contribution in [2.75, 3.05) is 13.2 Å². The number of aromatic nitrogens is 2. The molecule has 5 nitrogen and oxygen atoms in total. The summed E-state index contributed by atoms with van der Waals surface area (Å²) in [4.78, 5) is 12.2. The summed E-state index contributed by atoms with van der Waals surface area (Å²) in [5, 5.41) is 19.5. The summed E-state index contributed by atoms with van der Waals surface area (Å²) in [5.41, 5.74) is 1.83. The minimum atomic E-state index is -0.199. The molecule has 0 aliphatic carbocycles. The van der Waals surface area contributed by atoms with Crippen LogP contribution in [0.1, 0.15) is 36.7 Å². The van der Waals surface area contributed by atoms with Crippen LogP contribution in [0, 0.1) is 5.92 Å². The van der Waals surface area contributed by atoms with E-state index in [1.54, 1.807) is 12.1 Å². The molecule has 0 aliphatic heterocycles. The van der Waals surface area contributed by atoms with Crippen molar-refractivity contribution < 1.29 is 9.90 Å². The fraction of sp³-hybridized carbons (Fsp3) is 0.412. The van der Waals surface area contributed by atoms with Crippen LogP contribution in [0.2, 0.25) is 5.02 Å². The second-order valence-corrected chi connectivity index (χ2v) is 5.93. The van der Waals surface area contributed by atoms with Crippen LogP contribution in [0.25, 0.3) is 11.3 Å². The number of hydrogen-bond acceptors (Lipinski definition) is 3. The zero-order chi connectivity index (χ0) is 16.7. The highest BCUT2D eigenvalue weighted by molar-refractivity contribution is 6.33. The number of aromatic amines is 1. The highest BCUT2D eigenvalue weighted by Gasteiger charge is 2.14. The lowest BCUT2D eigenvalue weighted by Gasteiger charge is -2.15. The van der Waals surface area contributed by atoms with Crippen molar-refractivity contribution in [3.63, 3.8) is 0 Å².